The van der Waals surface area contributed by atoms with Gasteiger partial charge < -0.3 is 5.32 Å². The fraction of sp³-hybridized carbons (Fsp3) is 0.600. The Balaban J connectivity index is 1.79. The van der Waals surface area contributed by atoms with Gasteiger partial charge in [0.2, 0.25) is 0 Å². The Hall–Kier alpha value is -0.340. The highest BCUT2D eigenvalue weighted by atomic mass is 79.9. The third kappa shape index (κ3) is 4.11. The van der Waals surface area contributed by atoms with Crippen molar-refractivity contribution in [2.45, 2.75) is 45.6 Å². The summed E-state index contributed by atoms with van der Waals surface area (Å²) in [6.07, 6.45) is 7.03. The van der Waals surface area contributed by atoms with Crippen LogP contribution in [0.1, 0.15) is 44.6 Å². The van der Waals surface area contributed by atoms with Crippen molar-refractivity contribution in [2.75, 3.05) is 6.54 Å². The maximum atomic E-state index is 3.62. The predicted octanol–water partition coefficient (Wildman–Crippen LogP) is 4.51. The summed E-state index contributed by atoms with van der Waals surface area (Å²) in [6, 6.07) is 8.55. The summed E-state index contributed by atoms with van der Waals surface area (Å²) in [5.74, 6) is 0. The van der Waals surface area contributed by atoms with E-state index in [4.69, 9.17) is 0 Å². The van der Waals surface area contributed by atoms with Gasteiger partial charge in [0.05, 0.1) is 0 Å². The van der Waals surface area contributed by atoms with E-state index in [1.165, 1.54) is 42.1 Å². The minimum atomic E-state index is 0.532. The highest BCUT2D eigenvalue weighted by molar-refractivity contribution is 9.10. The minimum absolute atomic E-state index is 0.532. The number of hydrogen-bond acceptors (Lipinski definition) is 1. The van der Waals surface area contributed by atoms with Crippen LogP contribution in [0.15, 0.2) is 28.7 Å². The number of rotatable bonds is 4. The normalized spacial score (nSPS) is 19.2. The molecule has 17 heavy (non-hydrogen) atoms. The molecule has 0 bridgehead atoms. The van der Waals surface area contributed by atoms with Crippen molar-refractivity contribution >= 4 is 15.9 Å². The van der Waals surface area contributed by atoms with Crippen molar-refractivity contribution in [1.82, 2.24) is 5.32 Å². The fourth-order valence-corrected chi connectivity index (χ4v) is 3.18. The summed E-state index contributed by atoms with van der Waals surface area (Å²) in [6.45, 7) is 4.56. The summed E-state index contributed by atoms with van der Waals surface area (Å²) < 4.78 is 1.17. The van der Waals surface area contributed by atoms with Gasteiger partial charge in [-0.3, -0.25) is 0 Å². The molecule has 0 aliphatic heterocycles. The number of nitrogens with one attached hydrogen (secondary N) is 1. The largest absolute Gasteiger partial charge is 0.312 e. The molecule has 0 spiro atoms. The average Bonchev–Trinajstić information content (AvgIpc) is 2.30. The van der Waals surface area contributed by atoms with Crippen LogP contribution in [0.3, 0.4) is 0 Å². The van der Waals surface area contributed by atoms with Gasteiger partial charge in [0.25, 0.3) is 0 Å². The number of hydrogen-bond donors (Lipinski definition) is 1. The lowest BCUT2D eigenvalue weighted by molar-refractivity contribution is 0.207. The Bertz CT molecular complexity index is 356. The van der Waals surface area contributed by atoms with E-state index in [0.717, 1.165) is 13.1 Å². The fourth-order valence-electron chi connectivity index (χ4n) is 2.74. The zero-order valence-electron chi connectivity index (χ0n) is 10.6. The first-order chi connectivity index (χ1) is 8.18. The summed E-state index contributed by atoms with van der Waals surface area (Å²) in [5, 5.41) is 3.62. The quantitative estimate of drug-likeness (QED) is 0.862. The monoisotopic (exact) mass is 295 g/mol. The van der Waals surface area contributed by atoms with Crippen LogP contribution in [0.25, 0.3) is 0 Å². The molecule has 0 saturated heterocycles. The zero-order chi connectivity index (χ0) is 12.1. The summed E-state index contributed by atoms with van der Waals surface area (Å²) >= 11 is 3.51. The summed E-state index contributed by atoms with van der Waals surface area (Å²) in [5.41, 5.74) is 1.89. The van der Waals surface area contributed by atoms with Gasteiger partial charge in [-0.15, -0.1) is 0 Å². The van der Waals surface area contributed by atoms with Crippen LogP contribution in [0.5, 0.6) is 0 Å². The molecule has 94 valence electrons. The second-order valence-electron chi connectivity index (χ2n) is 5.60. The van der Waals surface area contributed by atoms with Gasteiger partial charge in [-0.2, -0.15) is 0 Å². The molecule has 1 aliphatic carbocycles. The molecular formula is C15H22BrN. The molecule has 1 aromatic carbocycles. The molecule has 2 rings (SSSR count). The van der Waals surface area contributed by atoms with Crippen molar-refractivity contribution in [3.63, 3.8) is 0 Å². The van der Waals surface area contributed by atoms with Gasteiger partial charge in [0.1, 0.15) is 0 Å². The van der Waals surface area contributed by atoms with Crippen molar-refractivity contribution in [1.29, 1.82) is 0 Å². The first kappa shape index (κ1) is 13.1. The number of halogens is 1. The average molecular weight is 296 g/mol. The molecule has 1 aliphatic rings. The Kier molecular flexibility index (Phi) is 4.63. The van der Waals surface area contributed by atoms with Gasteiger partial charge >= 0.3 is 0 Å². The van der Waals surface area contributed by atoms with Crippen LogP contribution >= 0.6 is 15.9 Å². The van der Waals surface area contributed by atoms with E-state index >= 15 is 0 Å². The smallest absolute Gasteiger partial charge is 0.0206 e. The van der Waals surface area contributed by atoms with E-state index in [-0.39, 0.29) is 0 Å². The third-order valence-corrected chi connectivity index (χ3v) is 4.32. The molecule has 1 aromatic rings. The molecule has 1 fully saturated rings. The van der Waals surface area contributed by atoms with Crippen LogP contribution in [-0.4, -0.2) is 6.54 Å². The highest BCUT2D eigenvalue weighted by Gasteiger charge is 2.25. The van der Waals surface area contributed by atoms with Crippen LogP contribution in [-0.2, 0) is 6.54 Å². The van der Waals surface area contributed by atoms with Crippen molar-refractivity contribution in [3.8, 4) is 0 Å². The summed E-state index contributed by atoms with van der Waals surface area (Å²) in [7, 11) is 0. The Morgan fingerprint density at radius 3 is 2.71 bits per heavy atom. The first-order valence-electron chi connectivity index (χ1n) is 6.63. The lowest BCUT2D eigenvalue weighted by atomic mass is 9.76. The standard InChI is InChI=1S/C15H22BrN/c1-15(8-3-2-4-9-15)12-17-11-13-6-5-7-14(16)10-13/h5-7,10,17H,2-4,8-9,11-12H2,1H3. The molecule has 2 heteroatoms. The van der Waals surface area contributed by atoms with Crippen molar-refractivity contribution in [3.05, 3.63) is 34.3 Å². The Morgan fingerprint density at radius 2 is 2.00 bits per heavy atom. The molecule has 0 atom stereocenters. The van der Waals surface area contributed by atoms with Crippen LogP contribution in [0, 0.1) is 5.41 Å². The SMILES string of the molecule is CC1(CNCc2cccc(Br)c2)CCCCC1. The van der Waals surface area contributed by atoms with Crippen LogP contribution < -0.4 is 5.32 Å². The van der Waals surface area contributed by atoms with Gasteiger partial charge in [0, 0.05) is 17.6 Å². The topological polar surface area (TPSA) is 12.0 Å². The number of benzene rings is 1. The molecule has 0 unspecified atom stereocenters. The zero-order valence-corrected chi connectivity index (χ0v) is 12.2. The van der Waals surface area contributed by atoms with Crippen molar-refractivity contribution in [2.24, 2.45) is 5.41 Å². The van der Waals surface area contributed by atoms with E-state index in [0.29, 0.717) is 5.41 Å². The Labute approximate surface area is 113 Å². The molecule has 0 amide bonds. The molecular weight excluding hydrogens is 274 g/mol. The van der Waals surface area contributed by atoms with Gasteiger partial charge in [-0.05, 0) is 36.0 Å². The Morgan fingerprint density at radius 1 is 1.24 bits per heavy atom. The minimum Gasteiger partial charge on any atom is -0.312 e. The predicted molar refractivity (Wildman–Crippen MR) is 77.0 cm³/mol. The molecule has 1 saturated carbocycles. The van der Waals surface area contributed by atoms with Gasteiger partial charge in [0.15, 0.2) is 0 Å². The van der Waals surface area contributed by atoms with Crippen LogP contribution in [0.2, 0.25) is 0 Å². The highest BCUT2D eigenvalue weighted by Crippen LogP contribution is 2.34. The second kappa shape index (κ2) is 6.01. The second-order valence-corrected chi connectivity index (χ2v) is 6.52. The molecule has 0 aromatic heterocycles. The van der Waals surface area contributed by atoms with E-state index in [9.17, 15) is 0 Å². The maximum Gasteiger partial charge on any atom is 0.0206 e. The van der Waals surface area contributed by atoms with E-state index < -0.39 is 0 Å². The van der Waals surface area contributed by atoms with Crippen molar-refractivity contribution < 1.29 is 0 Å². The molecule has 1 nitrogen and oxygen atoms in total. The van der Waals surface area contributed by atoms with Gasteiger partial charge in [-0.1, -0.05) is 54.2 Å². The molecule has 0 heterocycles. The van der Waals surface area contributed by atoms with E-state index in [2.05, 4.69) is 52.4 Å². The van der Waals surface area contributed by atoms with E-state index in [1.807, 2.05) is 0 Å². The molecule has 1 N–H and O–H groups in total. The maximum absolute atomic E-state index is 3.62. The summed E-state index contributed by atoms with van der Waals surface area (Å²) in [4.78, 5) is 0. The third-order valence-electron chi connectivity index (χ3n) is 3.83. The van der Waals surface area contributed by atoms with Gasteiger partial charge in [-0.25, -0.2) is 0 Å². The first-order valence-corrected chi connectivity index (χ1v) is 7.42. The molecule has 0 radical (unpaired) electrons. The van der Waals surface area contributed by atoms with E-state index in [1.54, 1.807) is 0 Å². The lowest BCUT2D eigenvalue weighted by Crippen LogP contribution is -2.33. The lowest BCUT2D eigenvalue weighted by Gasteiger charge is -2.33. The van der Waals surface area contributed by atoms with Crippen LogP contribution in [0.4, 0.5) is 0 Å².